The molecule has 0 aliphatic rings. The van der Waals surface area contributed by atoms with Crippen molar-refractivity contribution in [2.24, 2.45) is 0 Å². The zero-order valence-corrected chi connectivity index (χ0v) is 10.2. The van der Waals surface area contributed by atoms with Gasteiger partial charge in [0.1, 0.15) is 0 Å². The SMILES string of the molecule is CCC(=O)C(F)C(=O)c1cc([N+](=O)[O-])cc([N+](=O)[O-])c1. The lowest BCUT2D eigenvalue weighted by Gasteiger charge is -2.05. The first-order valence-electron chi connectivity index (χ1n) is 5.42. The van der Waals surface area contributed by atoms with Crippen LogP contribution in [0.1, 0.15) is 23.7 Å². The molecular formula is C11H9FN2O6. The van der Waals surface area contributed by atoms with Gasteiger partial charge in [-0.3, -0.25) is 29.8 Å². The topological polar surface area (TPSA) is 120 Å². The van der Waals surface area contributed by atoms with Crippen molar-refractivity contribution < 1.29 is 23.8 Å². The van der Waals surface area contributed by atoms with E-state index in [2.05, 4.69) is 0 Å². The second kappa shape index (κ2) is 5.95. The standard InChI is InChI=1S/C11H9FN2O6/c1-2-9(15)10(12)11(16)6-3-7(13(17)18)5-8(4-6)14(19)20/h3-5,10H,2H2,1H3. The first-order valence-corrected chi connectivity index (χ1v) is 5.42. The molecule has 0 aromatic heterocycles. The number of alkyl halides is 1. The van der Waals surface area contributed by atoms with Crippen LogP contribution in [0.4, 0.5) is 15.8 Å². The first kappa shape index (κ1) is 15.3. The van der Waals surface area contributed by atoms with Crippen LogP contribution in [0, 0.1) is 20.2 Å². The molecule has 20 heavy (non-hydrogen) atoms. The molecule has 0 fully saturated rings. The van der Waals surface area contributed by atoms with Crippen molar-refractivity contribution in [2.75, 3.05) is 0 Å². The number of nitro groups is 2. The Hall–Kier alpha value is -2.71. The third kappa shape index (κ3) is 3.19. The van der Waals surface area contributed by atoms with E-state index in [9.17, 15) is 34.2 Å². The maximum Gasteiger partial charge on any atom is 0.277 e. The molecule has 0 N–H and O–H groups in total. The fourth-order valence-electron chi connectivity index (χ4n) is 1.42. The lowest BCUT2D eigenvalue weighted by atomic mass is 10.0. The number of rotatable bonds is 6. The molecule has 0 amide bonds. The zero-order chi connectivity index (χ0) is 15.4. The molecule has 8 nitrogen and oxygen atoms in total. The van der Waals surface area contributed by atoms with Gasteiger partial charge in [0, 0.05) is 24.1 Å². The summed E-state index contributed by atoms with van der Waals surface area (Å²) in [5.74, 6) is -2.33. The molecule has 9 heteroatoms. The molecule has 0 saturated carbocycles. The van der Waals surface area contributed by atoms with E-state index < -0.39 is 44.5 Å². The van der Waals surface area contributed by atoms with Crippen LogP contribution >= 0.6 is 0 Å². The molecule has 1 aromatic rings. The van der Waals surface area contributed by atoms with Crippen LogP contribution in [0.3, 0.4) is 0 Å². The van der Waals surface area contributed by atoms with Gasteiger partial charge in [0.05, 0.1) is 15.9 Å². The van der Waals surface area contributed by atoms with E-state index in [-0.39, 0.29) is 6.42 Å². The van der Waals surface area contributed by atoms with Crippen molar-refractivity contribution in [1.82, 2.24) is 0 Å². The Morgan fingerprint density at radius 3 is 1.95 bits per heavy atom. The number of nitro benzene ring substituents is 2. The predicted molar refractivity (Wildman–Crippen MR) is 64.3 cm³/mol. The fourth-order valence-corrected chi connectivity index (χ4v) is 1.42. The summed E-state index contributed by atoms with van der Waals surface area (Å²) in [6.45, 7) is 1.35. The predicted octanol–water partition coefficient (Wildman–Crippen LogP) is 2.00. The van der Waals surface area contributed by atoms with Crippen LogP contribution in [0.25, 0.3) is 0 Å². The molecule has 0 bridgehead atoms. The molecule has 0 heterocycles. The van der Waals surface area contributed by atoms with Crippen LogP contribution in [0.2, 0.25) is 0 Å². The highest BCUT2D eigenvalue weighted by Crippen LogP contribution is 2.24. The molecule has 0 aliphatic heterocycles. The van der Waals surface area contributed by atoms with Crippen molar-refractivity contribution in [3.63, 3.8) is 0 Å². The van der Waals surface area contributed by atoms with E-state index in [0.717, 1.165) is 0 Å². The van der Waals surface area contributed by atoms with Crippen LogP contribution in [0.15, 0.2) is 18.2 Å². The maximum atomic E-state index is 13.5. The quantitative estimate of drug-likeness (QED) is 0.341. The monoisotopic (exact) mass is 284 g/mol. The first-order chi connectivity index (χ1) is 9.27. The van der Waals surface area contributed by atoms with E-state index in [1.54, 1.807) is 0 Å². The highest BCUT2D eigenvalue weighted by Gasteiger charge is 2.28. The molecule has 0 saturated heterocycles. The third-order valence-electron chi connectivity index (χ3n) is 2.47. The molecule has 1 aromatic carbocycles. The summed E-state index contributed by atoms with van der Waals surface area (Å²) in [5.41, 5.74) is -2.03. The minimum atomic E-state index is -2.48. The number of hydrogen-bond donors (Lipinski definition) is 0. The molecule has 106 valence electrons. The van der Waals surface area contributed by atoms with Gasteiger partial charge in [-0.05, 0) is 0 Å². The number of halogens is 1. The number of non-ortho nitro benzene ring substituents is 2. The van der Waals surface area contributed by atoms with Gasteiger partial charge in [-0.2, -0.15) is 0 Å². The van der Waals surface area contributed by atoms with Crippen molar-refractivity contribution in [3.8, 4) is 0 Å². The highest BCUT2D eigenvalue weighted by atomic mass is 19.1. The number of hydrogen-bond acceptors (Lipinski definition) is 6. The van der Waals surface area contributed by atoms with Gasteiger partial charge in [-0.1, -0.05) is 6.92 Å². The number of nitrogens with zero attached hydrogens (tertiary/aromatic N) is 2. The molecule has 1 unspecified atom stereocenters. The Bertz CT molecular complexity index is 568. The van der Waals surface area contributed by atoms with Crippen molar-refractivity contribution in [2.45, 2.75) is 19.5 Å². The zero-order valence-electron chi connectivity index (χ0n) is 10.2. The number of carbonyl (C=O) groups excluding carboxylic acids is 2. The van der Waals surface area contributed by atoms with Crippen LogP contribution in [-0.2, 0) is 4.79 Å². The molecule has 0 aliphatic carbocycles. The van der Waals surface area contributed by atoms with E-state index in [1.807, 2.05) is 0 Å². The third-order valence-corrected chi connectivity index (χ3v) is 2.47. The number of benzene rings is 1. The van der Waals surface area contributed by atoms with Gasteiger partial charge in [-0.15, -0.1) is 0 Å². The molecule has 1 atom stereocenters. The van der Waals surface area contributed by atoms with Crippen molar-refractivity contribution in [3.05, 3.63) is 44.0 Å². The summed E-state index contributed by atoms with van der Waals surface area (Å²) >= 11 is 0. The van der Waals surface area contributed by atoms with E-state index in [0.29, 0.717) is 18.2 Å². The van der Waals surface area contributed by atoms with Gasteiger partial charge in [0.2, 0.25) is 12.0 Å². The Kier molecular flexibility index (Phi) is 4.57. The second-order valence-electron chi connectivity index (χ2n) is 3.80. The minimum Gasteiger partial charge on any atom is -0.296 e. The summed E-state index contributed by atoms with van der Waals surface area (Å²) in [4.78, 5) is 42.1. The Balaban J connectivity index is 3.30. The van der Waals surface area contributed by atoms with E-state index in [1.165, 1.54) is 6.92 Å². The number of carbonyl (C=O) groups is 2. The molecule has 1 rings (SSSR count). The van der Waals surface area contributed by atoms with Crippen LogP contribution in [-0.4, -0.2) is 27.6 Å². The van der Waals surface area contributed by atoms with Crippen LogP contribution < -0.4 is 0 Å². The maximum absolute atomic E-state index is 13.5. The average Bonchev–Trinajstić information content (AvgIpc) is 2.44. The van der Waals surface area contributed by atoms with Crippen molar-refractivity contribution >= 4 is 22.9 Å². The van der Waals surface area contributed by atoms with Gasteiger partial charge < -0.3 is 0 Å². The van der Waals surface area contributed by atoms with Gasteiger partial charge in [-0.25, -0.2) is 4.39 Å². The van der Waals surface area contributed by atoms with E-state index in [4.69, 9.17) is 0 Å². The van der Waals surface area contributed by atoms with Gasteiger partial charge in [0.15, 0.2) is 5.78 Å². The largest absolute Gasteiger partial charge is 0.296 e. The smallest absolute Gasteiger partial charge is 0.277 e. The average molecular weight is 284 g/mol. The highest BCUT2D eigenvalue weighted by molar-refractivity contribution is 6.13. The van der Waals surface area contributed by atoms with Gasteiger partial charge >= 0.3 is 0 Å². The normalized spacial score (nSPS) is 11.7. The van der Waals surface area contributed by atoms with Gasteiger partial charge in [0.25, 0.3) is 11.4 Å². The summed E-state index contributed by atoms with van der Waals surface area (Å²) in [5, 5.41) is 21.2. The Morgan fingerprint density at radius 1 is 1.15 bits per heavy atom. The molecule has 0 spiro atoms. The Labute approximate surface area is 111 Å². The Morgan fingerprint density at radius 2 is 1.60 bits per heavy atom. The van der Waals surface area contributed by atoms with E-state index >= 15 is 0 Å². The summed E-state index contributed by atoms with van der Waals surface area (Å²) in [7, 11) is 0. The molecule has 0 radical (unpaired) electrons. The lowest BCUT2D eigenvalue weighted by molar-refractivity contribution is -0.394. The lowest BCUT2D eigenvalue weighted by Crippen LogP contribution is -2.25. The molecular weight excluding hydrogens is 275 g/mol. The summed E-state index contributed by atoms with van der Waals surface area (Å²) in [6.07, 6.45) is -2.72. The number of ketones is 2. The van der Waals surface area contributed by atoms with Crippen molar-refractivity contribution in [1.29, 1.82) is 0 Å². The summed E-state index contributed by atoms with van der Waals surface area (Å²) < 4.78 is 13.5. The fraction of sp³-hybridized carbons (Fsp3) is 0.273. The number of Topliss-reactive ketones (excluding diaryl/α,β-unsaturated/α-hetero) is 2. The van der Waals surface area contributed by atoms with Crippen LogP contribution in [0.5, 0.6) is 0 Å². The second-order valence-corrected chi connectivity index (χ2v) is 3.80. The minimum absolute atomic E-state index is 0.232. The summed E-state index contributed by atoms with van der Waals surface area (Å²) in [6, 6.07) is 2.04.